The first-order chi connectivity index (χ1) is 8.40. The molecule has 1 aliphatic heterocycles. The van der Waals surface area contributed by atoms with Crippen LogP contribution in [0.3, 0.4) is 0 Å². The second kappa shape index (κ2) is 4.42. The van der Waals surface area contributed by atoms with Crippen molar-refractivity contribution in [1.82, 2.24) is 20.3 Å². The monoisotopic (exact) mass is 230 g/mol. The van der Waals surface area contributed by atoms with Crippen molar-refractivity contribution in [1.29, 1.82) is 0 Å². The topological polar surface area (TPSA) is 77.7 Å². The summed E-state index contributed by atoms with van der Waals surface area (Å²) >= 11 is 0. The number of H-pyrrole nitrogens is 1. The summed E-state index contributed by atoms with van der Waals surface area (Å²) < 4.78 is 0. The Morgan fingerprint density at radius 1 is 1.24 bits per heavy atom. The van der Waals surface area contributed by atoms with Gasteiger partial charge in [-0.1, -0.05) is 0 Å². The highest BCUT2D eigenvalue weighted by Crippen LogP contribution is 2.15. The molecule has 0 saturated carbocycles. The average molecular weight is 230 g/mol. The van der Waals surface area contributed by atoms with Crippen LogP contribution in [0.1, 0.15) is 0 Å². The van der Waals surface area contributed by atoms with Gasteiger partial charge in [0.2, 0.25) is 0 Å². The Hall–Kier alpha value is -2.08. The van der Waals surface area contributed by atoms with Crippen LogP contribution in [0.2, 0.25) is 0 Å². The molecule has 3 rings (SSSR count). The number of aromatic nitrogens is 3. The second-order valence-electron chi connectivity index (χ2n) is 4.00. The normalized spacial score (nSPS) is 15.3. The van der Waals surface area contributed by atoms with Gasteiger partial charge in [-0.25, -0.2) is 9.97 Å². The zero-order chi connectivity index (χ0) is 11.5. The average Bonchev–Trinajstić information content (AvgIpc) is 2.77. The van der Waals surface area contributed by atoms with E-state index in [2.05, 4.69) is 30.9 Å². The molecule has 2 aromatic rings. The Labute approximate surface area is 98.9 Å². The summed E-state index contributed by atoms with van der Waals surface area (Å²) in [6.45, 7) is 1.98. The van der Waals surface area contributed by atoms with Crippen molar-refractivity contribution >= 4 is 17.5 Å². The molecule has 3 heterocycles. The van der Waals surface area contributed by atoms with Gasteiger partial charge in [-0.15, -0.1) is 0 Å². The van der Waals surface area contributed by atoms with Crippen LogP contribution in [0, 0.1) is 0 Å². The molecule has 1 saturated heterocycles. The van der Waals surface area contributed by atoms with Crippen LogP contribution in [0.4, 0.5) is 17.5 Å². The molecular formula is C11H14N6. The first-order valence-electron chi connectivity index (χ1n) is 5.60. The fraction of sp³-hybridized carbons (Fsp3) is 0.273. The van der Waals surface area contributed by atoms with Crippen molar-refractivity contribution in [3.63, 3.8) is 0 Å². The van der Waals surface area contributed by atoms with E-state index >= 15 is 0 Å². The molecule has 0 amide bonds. The maximum atomic E-state index is 4.19. The highest BCUT2D eigenvalue weighted by molar-refractivity contribution is 5.55. The molecule has 1 fully saturated rings. The summed E-state index contributed by atoms with van der Waals surface area (Å²) in [6, 6.07) is 6.26. The maximum Gasteiger partial charge on any atom is 0.136 e. The summed E-state index contributed by atoms with van der Waals surface area (Å²) in [5, 5.41) is 9.71. The van der Waals surface area contributed by atoms with Crippen molar-refractivity contribution in [3.8, 4) is 0 Å². The molecule has 0 aromatic carbocycles. The zero-order valence-electron chi connectivity index (χ0n) is 9.27. The van der Waals surface area contributed by atoms with Gasteiger partial charge in [-0.2, -0.15) is 0 Å². The summed E-state index contributed by atoms with van der Waals surface area (Å²) in [6.07, 6.45) is 3.42. The standard InChI is InChI=1S/C11H14N6/c1-2-9(13-3-1)17-11-4-10(14-7-15-11)16-8-5-12-6-8/h1-4,7-8,12-13H,5-6H2,(H2,14,15,16,17). The van der Waals surface area contributed by atoms with Gasteiger partial charge in [0, 0.05) is 25.4 Å². The van der Waals surface area contributed by atoms with E-state index in [0.29, 0.717) is 6.04 Å². The quantitative estimate of drug-likeness (QED) is 0.628. The van der Waals surface area contributed by atoms with Crippen LogP contribution in [-0.2, 0) is 0 Å². The predicted octanol–water partition coefficient (Wildman–Crippen LogP) is 0.932. The third kappa shape index (κ3) is 2.36. The third-order valence-corrected chi connectivity index (χ3v) is 2.66. The van der Waals surface area contributed by atoms with E-state index in [1.165, 1.54) is 0 Å². The van der Waals surface area contributed by atoms with Gasteiger partial charge in [-0.05, 0) is 12.1 Å². The lowest BCUT2D eigenvalue weighted by atomic mass is 10.2. The van der Waals surface area contributed by atoms with E-state index in [4.69, 9.17) is 0 Å². The van der Waals surface area contributed by atoms with Gasteiger partial charge in [0.25, 0.3) is 0 Å². The minimum Gasteiger partial charge on any atom is -0.365 e. The molecule has 6 nitrogen and oxygen atoms in total. The lowest BCUT2D eigenvalue weighted by molar-refractivity contribution is 0.471. The van der Waals surface area contributed by atoms with Crippen molar-refractivity contribution in [2.45, 2.75) is 6.04 Å². The van der Waals surface area contributed by atoms with Crippen molar-refractivity contribution < 1.29 is 0 Å². The first kappa shape index (κ1) is 10.1. The third-order valence-electron chi connectivity index (χ3n) is 2.66. The Balaban J connectivity index is 1.69. The highest BCUT2D eigenvalue weighted by atomic mass is 15.1. The van der Waals surface area contributed by atoms with Crippen molar-refractivity contribution in [2.75, 3.05) is 23.7 Å². The largest absolute Gasteiger partial charge is 0.365 e. The number of aromatic amines is 1. The summed E-state index contributed by atoms with van der Waals surface area (Å²) in [5.41, 5.74) is 0. The molecule has 0 unspecified atom stereocenters. The summed E-state index contributed by atoms with van der Waals surface area (Å²) in [7, 11) is 0. The van der Waals surface area contributed by atoms with Crippen LogP contribution in [-0.4, -0.2) is 34.1 Å². The molecule has 0 bridgehead atoms. The van der Waals surface area contributed by atoms with Crippen molar-refractivity contribution in [3.05, 3.63) is 30.7 Å². The molecular weight excluding hydrogens is 216 g/mol. The van der Waals surface area contributed by atoms with Gasteiger partial charge in [0.15, 0.2) is 0 Å². The van der Waals surface area contributed by atoms with Gasteiger partial charge < -0.3 is 20.9 Å². The molecule has 4 N–H and O–H groups in total. The van der Waals surface area contributed by atoms with Gasteiger partial charge >= 0.3 is 0 Å². The van der Waals surface area contributed by atoms with Gasteiger partial charge in [0.05, 0.1) is 6.04 Å². The molecule has 17 heavy (non-hydrogen) atoms. The second-order valence-corrected chi connectivity index (χ2v) is 4.00. The fourth-order valence-electron chi connectivity index (χ4n) is 1.65. The van der Waals surface area contributed by atoms with E-state index < -0.39 is 0 Å². The van der Waals surface area contributed by atoms with E-state index in [-0.39, 0.29) is 0 Å². The Bertz CT molecular complexity index is 476. The summed E-state index contributed by atoms with van der Waals surface area (Å²) in [5.74, 6) is 2.54. The summed E-state index contributed by atoms with van der Waals surface area (Å²) in [4.78, 5) is 11.4. The fourth-order valence-corrected chi connectivity index (χ4v) is 1.65. The molecule has 6 heteroatoms. The molecule has 2 aromatic heterocycles. The van der Waals surface area contributed by atoms with E-state index in [0.717, 1.165) is 30.5 Å². The highest BCUT2D eigenvalue weighted by Gasteiger charge is 2.16. The Kier molecular flexibility index (Phi) is 2.63. The Morgan fingerprint density at radius 3 is 2.82 bits per heavy atom. The van der Waals surface area contributed by atoms with Crippen LogP contribution in [0.25, 0.3) is 0 Å². The van der Waals surface area contributed by atoms with Crippen molar-refractivity contribution in [2.24, 2.45) is 0 Å². The predicted molar refractivity (Wildman–Crippen MR) is 66.4 cm³/mol. The smallest absolute Gasteiger partial charge is 0.136 e. The maximum absolute atomic E-state index is 4.19. The van der Waals surface area contributed by atoms with E-state index in [1.54, 1.807) is 6.33 Å². The zero-order valence-corrected chi connectivity index (χ0v) is 9.27. The number of hydrogen-bond donors (Lipinski definition) is 4. The number of rotatable bonds is 4. The molecule has 0 spiro atoms. The van der Waals surface area contributed by atoms with E-state index in [1.807, 2.05) is 24.4 Å². The minimum absolute atomic E-state index is 0.475. The lowest BCUT2D eigenvalue weighted by Gasteiger charge is -2.28. The van der Waals surface area contributed by atoms with Gasteiger partial charge in [0.1, 0.15) is 23.8 Å². The number of hydrogen-bond acceptors (Lipinski definition) is 5. The lowest BCUT2D eigenvalue weighted by Crippen LogP contribution is -2.51. The number of nitrogens with one attached hydrogen (secondary N) is 4. The Morgan fingerprint density at radius 2 is 2.12 bits per heavy atom. The van der Waals surface area contributed by atoms with Gasteiger partial charge in [-0.3, -0.25) is 0 Å². The SMILES string of the molecule is c1c[nH]c(Nc2cc(NC3CNC3)ncn2)c1. The number of nitrogens with zero attached hydrogens (tertiary/aromatic N) is 2. The molecule has 88 valence electrons. The van der Waals surface area contributed by atoms with E-state index in [9.17, 15) is 0 Å². The van der Waals surface area contributed by atoms with Crippen LogP contribution >= 0.6 is 0 Å². The van der Waals surface area contributed by atoms with Crippen LogP contribution in [0.15, 0.2) is 30.7 Å². The van der Waals surface area contributed by atoms with Crippen LogP contribution < -0.4 is 16.0 Å². The molecule has 0 aliphatic carbocycles. The first-order valence-corrected chi connectivity index (χ1v) is 5.60. The molecule has 1 aliphatic rings. The molecule has 0 radical (unpaired) electrons. The molecule has 0 atom stereocenters. The number of anilines is 3. The minimum atomic E-state index is 0.475. The van der Waals surface area contributed by atoms with Crippen LogP contribution in [0.5, 0.6) is 0 Å².